The van der Waals surface area contributed by atoms with Gasteiger partial charge in [0.05, 0.1) is 46.7 Å². The van der Waals surface area contributed by atoms with Crippen LogP contribution in [0.4, 0.5) is 0 Å². The SMILES string of the molecule is O.O.O.O.O=C([O-])c1cccc(C(=O)[O-])n1.O=C([O-])c1cccc(C(=O)[O-])n1.[Cr+3].c1cc(-c2cc[nH+]cc2)ccn1. The fourth-order valence-electron chi connectivity index (χ4n) is 2.45. The molecule has 4 aromatic heterocycles. The van der Waals surface area contributed by atoms with Crippen LogP contribution in [-0.2, 0) is 17.4 Å². The van der Waals surface area contributed by atoms with Crippen molar-refractivity contribution in [1.82, 2.24) is 15.0 Å². The van der Waals surface area contributed by atoms with Gasteiger partial charge in [-0.3, -0.25) is 4.98 Å². The summed E-state index contributed by atoms with van der Waals surface area (Å²) in [5.74, 6) is -6.06. The van der Waals surface area contributed by atoms with Crippen molar-refractivity contribution in [3.05, 3.63) is 108 Å². The Bertz CT molecular complexity index is 1200. The van der Waals surface area contributed by atoms with E-state index in [1.54, 1.807) is 12.4 Å². The second-order valence-electron chi connectivity index (χ2n) is 6.49. The van der Waals surface area contributed by atoms with Crippen LogP contribution in [0.15, 0.2) is 85.5 Å². The van der Waals surface area contributed by atoms with Gasteiger partial charge in [-0.15, -0.1) is 0 Å². The van der Waals surface area contributed by atoms with Crippen LogP contribution in [0.1, 0.15) is 42.0 Å². The monoisotopic (exact) mass is 611 g/mol. The fourth-order valence-corrected chi connectivity index (χ4v) is 2.45. The molecule has 4 rings (SSSR count). The number of hydrogen-bond donors (Lipinski definition) is 0. The molecular weight excluding hydrogens is 588 g/mol. The largest absolute Gasteiger partial charge is 3.00 e. The first-order chi connectivity index (χ1) is 17.2. The molecule has 0 amide bonds. The number of aromatic amines is 1. The molecule has 17 heteroatoms. The summed E-state index contributed by atoms with van der Waals surface area (Å²) in [6.07, 6.45) is 7.42. The summed E-state index contributed by atoms with van der Waals surface area (Å²) in [4.78, 5) is 54.2. The predicted octanol–water partition coefficient (Wildman–Crippen LogP) is -6.12. The van der Waals surface area contributed by atoms with Gasteiger partial charge in [0, 0.05) is 24.5 Å². The first-order valence-electron chi connectivity index (χ1n) is 9.85. The Morgan fingerprint density at radius 3 is 1.10 bits per heavy atom. The van der Waals surface area contributed by atoms with Crippen molar-refractivity contribution in [2.45, 2.75) is 0 Å². The maximum Gasteiger partial charge on any atom is 3.00 e. The third-order valence-electron chi connectivity index (χ3n) is 4.07. The van der Waals surface area contributed by atoms with Crippen LogP contribution in [0.3, 0.4) is 0 Å². The zero-order valence-corrected chi connectivity index (χ0v) is 21.9. The number of aromatic nitrogens is 4. The minimum absolute atomic E-state index is 0. The number of pyridine rings is 4. The molecule has 0 saturated carbocycles. The van der Waals surface area contributed by atoms with Gasteiger partial charge in [0.15, 0.2) is 12.4 Å². The second kappa shape index (κ2) is 21.8. The van der Waals surface area contributed by atoms with Crippen LogP contribution < -0.4 is 25.4 Å². The topological polar surface area (TPSA) is 339 Å². The van der Waals surface area contributed by atoms with E-state index in [1.165, 1.54) is 23.3 Å². The van der Waals surface area contributed by atoms with E-state index in [1.807, 2.05) is 36.7 Å². The number of carboxylic acid groups (broad SMARTS) is 4. The standard InChI is InChI=1S/C10H8N2.2C7H5NO4.Cr.4H2O/c1-5-11-6-2-9(1)10-3-7-12-8-4-10;2*9-6(10)4-2-1-3-5(8-4)7(11)12;;;;;/h1-8H;2*1-3H,(H,9,10)(H,11,12);;4*1H2/q;;;+3;;;;/p-3. The number of rotatable bonds is 5. The van der Waals surface area contributed by atoms with E-state index in [0.717, 1.165) is 24.3 Å². The fraction of sp³-hybridized carbons (Fsp3) is 0. The quantitative estimate of drug-likeness (QED) is 0.204. The Morgan fingerprint density at radius 1 is 0.512 bits per heavy atom. The Balaban J connectivity index is -0.000000236. The average molecular weight is 611 g/mol. The average Bonchev–Trinajstić information content (AvgIpc) is 2.90. The molecule has 0 saturated heterocycles. The summed E-state index contributed by atoms with van der Waals surface area (Å²) in [6.45, 7) is 0. The molecule has 0 aromatic carbocycles. The Labute approximate surface area is 242 Å². The molecule has 4 aromatic rings. The van der Waals surface area contributed by atoms with Crippen LogP contribution in [0.5, 0.6) is 0 Å². The Hall–Kier alpha value is -5.15. The molecule has 16 nitrogen and oxygen atoms in total. The molecule has 9 N–H and O–H groups in total. The maximum absolute atomic E-state index is 10.2. The molecule has 0 aliphatic carbocycles. The van der Waals surface area contributed by atoms with Gasteiger partial charge in [-0.05, 0) is 47.5 Å². The van der Waals surface area contributed by atoms with Gasteiger partial charge in [0.25, 0.3) is 0 Å². The second-order valence-corrected chi connectivity index (χ2v) is 6.49. The summed E-state index contributed by atoms with van der Waals surface area (Å²) < 4.78 is 0. The molecule has 0 unspecified atom stereocenters. The van der Waals surface area contributed by atoms with Gasteiger partial charge in [0.2, 0.25) is 0 Å². The van der Waals surface area contributed by atoms with Crippen molar-refractivity contribution >= 4 is 23.9 Å². The number of aromatic carboxylic acids is 4. The number of nitrogens with zero attached hydrogens (tertiary/aromatic N) is 3. The van der Waals surface area contributed by atoms with Crippen molar-refractivity contribution in [3.63, 3.8) is 0 Å². The minimum atomic E-state index is -1.52. The molecule has 41 heavy (non-hydrogen) atoms. The van der Waals surface area contributed by atoms with Crippen molar-refractivity contribution in [2.75, 3.05) is 0 Å². The van der Waals surface area contributed by atoms with Gasteiger partial charge in [-0.2, -0.15) is 0 Å². The van der Waals surface area contributed by atoms with E-state index in [0.29, 0.717) is 0 Å². The first-order valence-corrected chi connectivity index (χ1v) is 9.85. The van der Waals surface area contributed by atoms with E-state index in [-0.39, 0.29) is 39.3 Å². The van der Waals surface area contributed by atoms with Gasteiger partial charge in [0.1, 0.15) is 0 Å². The summed E-state index contributed by atoms with van der Waals surface area (Å²) in [6, 6.07) is 15.1. The molecule has 0 aliphatic rings. The van der Waals surface area contributed by atoms with Gasteiger partial charge < -0.3 is 61.5 Å². The number of nitrogens with one attached hydrogen (secondary N) is 1. The smallest absolute Gasteiger partial charge is 0.543 e. The van der Waals surface area contributed by atoms with Crippen LogP contribution in [-0.4, -0.2) is 60.7 Å². The minimum Gasteiger partial charge on any atom is -0.543 e. The number of hydrogen-bond acceptors (Lipinski definition) is 11. The predicted molar refractivity (Wildman–Crippen MR) is 126 cm³/mol. The third kappa shape index (κ3) is 14.5. The molecule has 0 bridgehead atoms. The normalized spacial score (nSPS) is 8.29. The van der Waals surface area contributed by atoms with Crippen LogP contribution >= 0.6 is 0 Å². The van der Waals surface area contributed by atoms with Crippen LogP contribution in [0, 0.1) is 0 Å². The van der Waals surface area contributed by atoms with Crippen LogP contribution in [0.25, 0.3) is 11.1 Å². The van der Waals surface area contributed by atoms with Gasteiger partial charge >= 0.3 is 17.4 Å². The number of carboxylic acids is 4. The zero-order valence-electron chi connectivity index (χ0n) is 20.6. The van der Waals surface area contributed by atoms with E-state index < -0.39 is 46.7 Å². The van der Waals surface area contributed by atoms with E-state index in [4.69, 9.17) is 0 Å². The molecule has 0 atom stereocenters. The number of H-pyrrole nitrogens is 1. The molecule has 1 radical (unpaired) electrons. The Morgan fingerprint density at radius 2 is 0.805 bits per heavy atom. The molecule has 0 aliphatic heterocycles. The number of carbonyl (C=O) groups excluding carboxylic acids is 4. The van der Waals surface area contributed by atoms with Crippen molar-refractivity contribution in [2.24, 2.45) is 0 Å². The van der Waals surface area contributed by atoms with E-state index in [9.17, 15) is 39.6 Å². The molecule has 4 heterocycles. The first kappa shape index (κ1) is 42.9. The van der Waals surface area contributed by atoms with E-state index >= 15 is 0 Å². The van der Waals surface area contributed by atoms with Gasteiger partial charge in [-0.1, -0.05) is 12.1 Å². The van der Waals surface area contributed by atoms with Crippen molar-refractivity contribution < 1.29 is 83.9 Å². The molecule has 0 spiro atoms. The molecule has 217 valence electrons. The maximum atomic E-state index is 10.2. The summed E-state index contributed by atoms with van der Waals surface area (Å²) in [5, 5.41) is 40.8. The number of carbonyl (C=O) groups is 4. The van der Waals surface area contributed by atoms with Crippen molar-refractivity contribution in [3.8, 4) is 11.1 Å². The third-order valence-corrected chi connectivity index (χ3v) is 4.07. The molecular formula is C24H23CrN4O12. The van der Waals surface area contributed by atoms with Crippen molar-refractivity contribution in [1.29, 1.82) is 0 Å². The van der Waals surface area contributed by atoms with E-state index in [2.05, 4.69) is 19.9 Å². The molecule has 0 fully saturated rings. The van der Waals surface area contributed by atoms with Gasteiger partial charge in [-0.25, -0.2) is 15.0 Å². The Kier molecular flexibility index (Phi) is 22.8. The zero-order chi connectivity index (χ0) is 26.5. The summed E-state index contributed by atoms with van der Waals surface area (Å²) >= 11 is 0. The summed E-state index contributed by atoms with van der Waals surface area (Å²) in [7, 11) is 0. The summed E-state index contributed by atoms with van der Waals surface area (Å²) in [5.41, 5.74) is 0.719. The van der Waals surface area contributed by atoms with Crippen LogP contribution in [0.2, 0.25) is 0 Å².